The van der Waals surface area contributed by atoms with Gasteiger partial charge in [-0.05, 0) is 32.0 Å². The van der Waals surface area contributed by atoms with Crippen LogP contribution in [0.3, 0.4) is 0 Å². The van der Waals surface area contributed by atoms with Crippen LogP contribution in [-0.4, -0.2) is 20.5 Å². The predicted molar refractivity (Wildman–Crippen MR) is 71.5 cm³/mol. The molecule has 1 aromatic heterocycles. The summed E-state index contributed by atoms with van der Waals surface area (Å²) in [5, 5.41) is 4.56. The number of benzene rings is 1. The van der Waals surface area contributed by atoms with Crippen LogP contribution >= 0.6 is 11.6 Å². The van der Waals surface area contributed by atoms with Crippen LogP contribution in [0.4, 0.5) is 0 Å². The molecule has 0 unspecified atom stereocenters. The highest BCUT2D eigenvalue weighted by Crippen LogP contribution is 2.24. The first-order chi connectivity index (χ1) is 9.11. The van der Waals surface area contributed by atoms with E-state index in [9.17, 15) is 4.79 Å². The van der Waals surface area contributed by atoms with Crippen LogP contribution in [0, 0.1) is 0 Å². The molecule has 1 heterocycles. The predicted octanol–water partition coefficient (Wildman–Crippen LogP) is 2.73. The molecule has 0 atom stereocenters. The molecule has 0 N–H and O–H groups in total. The molecule has 0 aliphatic carbocycles. The number of carbonyl (C=O) groups excluding carboxylic acids is 1. The van der Waals surface area contributed by atoms with E-state index in [1.165, 1.54) is 13.3 Å². The van der Waals surface area contributed by atoms with Crippen molar-refractivity contribution < 1.29 is 9.53 Å². The van der Waals surface area contributed by atoms with Crippen molar-refractivity contribution in [3.63, 3.8) is 0 Å². The van der Waals surface area contributed by atoms with Gasteiger partial charge in [0.15, 0.2) is 11.6 Å². The zero-order valence-corrected chi connectivity index (χ0v) is 11.5. The number of ketones is 1. The van der Waals surface area contributed by atoms with Crippen molar-refractivity contribution in [3.05, 3.63) is 40.9 Å². The lowest BCUT2D eigenvalue weighted by molar-refractivity contribution is 0.101. The van der Waals surface area contributed by atoms with Gasteiger partial charge >= 0.3 is 0 Å². The van der Waals surface area contributed by atoms with Crippen molar-refractivity contribution >= 4 is 17.4 Å². The minimum atomic E-state index is -0.0885. The summed E-state index contributed by atoms with van der Waals surface area (Å²) in [7, 11) is 0. The highest BCUT2D eigenvalue weighted by atomic mass is 35.5. The third kappa shape index (κ3) is 3.12. The van der Waals surface area contributed by atoms with E-state index in [0.717, 1.165) is 6.54 Å². The van der Waals surface area contributed by atoms with Crippen LogP contribution in [0.5, 0.6) is 5.75 Å². The van der Waals surface area contributed by atoms with Gasteiger partial charge in [0.1, 0.15) is 18.7 Å². The molecule has 100 valence electrons. The second-order valence-electron chi connectivity index (χ2n) is 3.98. The van der Waals surface area contributed by atoms with Gasteiger partial charge in [0.05, 0.1) is 5.56 Å². The lowest BCUT2D eigenvalue weighted by atomic mass is 10.1. The number of nitrogens with zero attached hydrogens (tertiary/aromatic N) is 3. The Bertz CT molecular complexity index is 595. The summed E-state index contributed by atoms with van der Waals surface area (Å²) < 4.78 is 7.38. The average Bonchev–Trinajstić information content (AvgIpc) is 2.84. The fourth-order valence-corrected chi connectivity index (χ4v) is 1.88. The largest absolute Gasteiger partial charge is 0.485 e. The first-order valence-electron chi connectivity index (χ1n) is 5.91. The smallest absolute Gasteiger partial charge is 0.164 e. The molecule has 0 amide bonds. The van der Waals surface area contributed by atoms with Gasteiger partial charge in [0, 0.05) is 11.6 Å². The molecule has 5 nitrogen and oxygen atoms in total. The third-order valence-electron chi connectivity index (χ3n) is 2.67. The molecular formula is C13H14ClN3O2. The fraction of sp³-hybridized carbons (Fsp3) is 0.308. The summed E-state index contributed by atoms with van der Waals surface area (Å²) >= 11 is 5.87. The number of rotatable bonds is 5. The van der Waals surface area contributed by atoms with E-state index in [1.54, 1.807) is 22.9 Å². The second kappa shape index (κ2) is 5.84. The van der Waals surface area contributed by atoms with Gasteiger partial charge in [-0.15, -0.1) is 0 Å². The molecule has 19 heavy (non-hydrogen) atoms. The van der Waals surface area contributed by atoms with Gasteiger partial charge in [-0.2, -0.15) is 5.10 Å². The molecule has 0 fully saturated rings. The number of hydrogen-bond acceptors (Lipinski definition) is 4. The van der Waals surface area contributed by atoms with Crippen LogP contribution in [0.15, 0.2) is 24.5 Å². The van der Waals surface area contributed by atoms with Crippen LogP contribution in [0.25, 0.3) is 0 Å². The fourth-order valence-electron chi connectivity index (χ4n) is 1.71. The SMILES string of the molecule is CCn1ncnc1COc1ccc(Cl)cc1C(C)=O. The lowest BCUT2D eigenvalue weighted by Crippen LogP contribution is -2.08. The average molecular weight is 280 g/mol. The summed E-state index contributed by atoms with van der Waals surface area (Å²) in [5.41, 5.74) is 0.468. The standard InChI is InChI=1S/C13H14ClN3O2/c1-3-17-13(15-8-16-17)7-19-12-5-4-10(14)6-11(12)9(2)18/h4-6,8H,3,7H2,1-2H3. The summed E-state index contributed by atoms with van der Waals surface area (Å²) in [5.74, 6) is 1.13. The van der Waals surface area contributed by atoms with E-state index in [4.69, 9.17) is 16.3 Å². The maximum Gasteiger partial charge on any atom is 0.164 e. The Hall–Kier alpha value is -1.88. The maximum atomic E-state index is 11.5. The van der Waals surface area contributed by atoms with Crippen molar-refractivity contribution in [1.29, 1.82) is 0 Å². The number of ether oxygens (including phenoxy) is 1. The third-order valence-corrected chi connectivity index (χ3v) is 2.91. The number of carbonyl (C=O) groups is 1. The van der Waals surface area contributed by atoms with E-state index in [0.29, 0.717) is 22.2 Å². The first kappa shape index (κ1) is 13.5. The molecule has 2 aromatic rings. The quantitative estimate of drug-likeness (QED) is 0.790. The van der Waals surface area contributed by atoms with Gasteiger partial charge in [0.25, 0.3) is 0 Å². The molecule has 0 saturated carbocycles. The number of hydrogen-bond donors (Lipinski definition) is 0. The lowest BCUT2D eigenvalue weighted by Gasteiger charge is -2.10. The second-order valence-corrected chi connectivity index (χ2v) is 4.41. The van der Waals surface area contributed by atoms with Gasteiger partial charge in [-0.3, -0.25) is 4.79 Å². The summed E-state index contributed by atoms with van der Waals surface area (Å²) in [6.07, 6.45) is 1.48. The number of aromatic nitrogens is 3. The molecule has 0 radical (unpaired) electrons. The maximum absolute atomic E-state index is 11.5. The van der Waals surface area contributed by atoms with Gasteiger partial charge < -0.3 is 4.74 Å². The minimum absolute atomic E-state index is 0.0885. The van der Waals surface area contributed by atoms with Crippen molar-refractivity contribution in [3.8, 4) is 5.75 Å². The van der Waals surface area contributed by atoms with E-state index in [1.807, 2.05) is 6.92 Å². The number of Topliss-reactive ketones (excluding diaryl/α,β-unsaturated/α-hetero) is 1. The topological polar surface area (TPSA) is 57.0 Å². The van der Waals surface area contributed by atoms with Crippen LogP contribution in [-0.2, 0) is 13.2 Å². The van der Waals surface area contributed by atoms with E-state index >= 15 is 0 Å². The van der Waals surface area contributed by atoms with Crippen molar-refractivity contribution in [2.24, 2.45) is 0 Å². The Morgan fingerprint density at radius 2 is 2.26 bits per heavy atom. The highest BCUT2D eigenvalue weighted by molar-refractivity contribution is 6.31. The van der Waals surface area contributed by atoms with E-state index in [-0.39, 0.29) is 12.4 Å². The molecule has 0 spiro atoms. The van der Waals surface area contributed by atoms with Crippen molar-refractivity contribution in [1.82, 2.24) is 14.8 Å². The Labute approximate surface area is 116 Å². The highest BCUT2D eigenvalue weighted by Gasteiger charge is 2.11. The van der Waals surface area contributed by atoms with Gasteiger partial charge in [-0.25, -0.2) is 9.67 Å². The van der Waals surface area contributed by atoms with E-state index in [2.05, 4.69) is 10.1 Å². The Balaban J connectivity index is 2.18. The normalized spacial score (nSPS) is 10.5. The van der Waals surface area contributed by atoms with Crippen LogP contribution < -0.4 is 4.74 Å². The molecule has 0 saturated heterocycles. The van der Waals surface area contributed by atoms with E-state index < -0.39 is 0 Å². The zero-order valence-electron chi connectivity index (χ0n) is 10.8. The van der Waals surface area contributed by atoms with Crippen molar-refractivity contribution in [2.45, 2.75) is 27.0 Å². The molecule has 1 aromatic carbocycles. The van der Waals surface area contributed by atoms with Gasteiger partial charge in [0.2, 0.25) is 0 Å². The van der Waals surface area contributed by atoms with Crippen molar-refractivity contribution in [2.75, 3.05) is 0 Å². The first-order valence-corrected chi connectivity index (χ1v) is 6.29. The Morgan fingerprint density at radius 3 is 2.95 bits per heavy atom. The summed E-state index contributed by atoms with van der Waals surface area (Å²) in [6, 6.07) is 4.98. The summed E-state index contributed by atoms with van der Waals surface area (Å²) in [4.78, 5) is 15.6. The molecular weight excluding hydrogens is 266 g/mol. The Morgan fingerprint density at radius 1 is 1.47 bits per heavy atom. The number of aryl methyl sites for hydroxylation is 1. The summed E-state index contributed by atoms with van der Waals surface area (Å²) in [6.45, 7) is 4.43. The van der Waals surface area contributed by atoms with Crippen LogP contribution in [0.2, 0.25) is 5.02 Å². The molecule has 0 aliphatic heterocycles. The zero-order chi connectivity index (χ0) is 13.8. The minimum Gasteiger partial charge on any atom is -0.485 e. The number of halogens is 1. The van der Waals surface area contributed by atoms with Gasteiger partial charge in [-0.1, -0.05) is 11.6 Å². The molecule has 6 heteroatoms. The van der Waals surface area contributed by atoms with Crippen LogP contribution in [0.1, 0.15) is 30.0 Å². The monoisotopic (exact) mass is 279 g/mol. The molecule has 0 aliphatic rings. The molecule has 0 bridgehead atoms. The molecule has 2 rings (SSSR count). The Kier molecular flexibility index (Phi) is 4.16.